The Kier molecular flexibility index (Phi) is 3.04. The van der Waals surface area contributed by atoms with Crippen LogP contribution in [0.5, 0.6) is 0 Å². The van der Waals surface area contributed by atoms with E-state index in [1.165, 1.54) is 0 Å². The molecule has 54 valence electrons. The van der Waals surface area contributed by atoms with E-state index in [-0.39, 0.29) is 0 Å². The maximum absolute atomic E-state index is 10.3. The second-order valence-corrected chi connectivity index (χ2v) is 3.32. The topological polar surface area (TPSA) is 37.3 Å². The highest BCUT2D eigenvalue weighted by Gasteiger charge is 2.26. The molecule has 0 aromatic rings. The van der Waals surface area contributed by atoms with Crippen molar-refractivity contribution >= 4 is 18.6 Å². The number of aliphatic carboxylic acids is 1. The lowest BCUT2D eigenvalue weighted by atomic mass is 10.1. The summed E-state index contributed by atoms with van der Waals surface area (Å²) in [6.07, 6.45) is 1.47. The zero-order valence-corrected chi connectivity index (χ0v) is 6.61. The van der Waals surface area contributed by atoms with Crippen molar-refractivity contribution in [2.75, 3.05) is 0 Å². The number of hydrogen-bond acceptors (Lipinski definition) is 2. The number of hydrogen-bond donors (Lipinski definition) is 2. The number of carbonyl (C=O) groups is 1. The predicted molar refractivity (Wildman–Crippen MR) is 39.9 cm³/mol. The molecule has 0 saturated carbocycles. The van der Waals surface area contributed by atoms with E-state index in [1.807, 2.05) is 6.92 Å². The van der Waals surface area contributed by atoms with E-state index >= 15 is 0 Å². The first-order valence-corrected chi connectivity index (χ1v) is 3.41. The molecule has 0 spiro atoms. The van der Waals surface area contributed by atoms with Crippen LogP contribution in [0.4, 0.5) is 0 Å². The molecule has 0 aromatic carbocycles. The van der Waals surface area contributed by atoms with Crippen LogP contribution in [-0.4, -0.2) is 15.8 Å². The molecular weight excluding hydrogens is 136 g/mol. The van der Waals surface area contributed by atoms with E-state index in [1.54, 1.807) is 6.92 Å². The monoisotopic (exact) mass is 148 g/mol. The Labute approximate surface area is 60.7 Å². The lowest BCUT2D eigenvalue weighted by Gasteiger charge is -2.15. The second-order valence-electron chi connectivity index (χ2n) is 2.33. The van der Waals surface area contributed by atoms with Gasteiger partial charge in [-0.1, -0.05) is 13.3 Å². The summed E-state index contributed by atoms with van der Waals surface area (Å²) in [5.74, 6) is -0.840. The summed E-state index contributed by atoms with van der Waals surface area (Å²) in [5.41, 5.74) is 0. The summed E-state index contributed by atoms with van der Waals surface area (Å²) in [5, 5.41) is 8.50. The van der Waals surface area contributed by atoms with Crippen molar-refractivity contribution in [3.8, 4) is 0 Å². The minimum Gasteiger partial charge on any atom is -0.480 e. The lowest BCUT2D eigenvalue weighted by molar-refractivity contribution is -0.139. The van der Waals surface area contributed by atoms with Crippen molar-refractivity contribution in [2.24, 2.45) is 0 Å². The van der Waals surface area contributed by atoms with Gasteiger partial charge in [0.2, 0.25) is 0 Å². The van der Waals surface area contributed by atoms with Crippen LogP contribution in [-0.2, 0) is 4.79 Å². The van der Waals surface area contributed by atoms with Gasteiger partial charge in [-0.3, -0.25) is 4.79 Å². The first kappa shape index (κ1) is 8.82. The first-order chi connectivity index (χ1) is 4.00. The maximum atomic E-state index is 10.3. The Hall–Kier alpha value is -0.180. The molecule has 0 saturated heterocycles. The van der Waals surface area contributed by atoms with Gasteiger partial charge in [-0.2, -0.15) is 12.6 Å². The summed E-state index contributed by atoms with van der Waals surface area (Å²) < 4.78 is -0.839. The number of carboxylic acids is 1. The minimum atomic E-state index is -0.840. The molecule has 0 bridgehead atoms. The van der Waals surface area contributed by atoms with E-state index < -0.39 is 10.7 Å². The molecule has 1 N–H and O–H groups in total. The Bertz CT molecular complexity index is 110. The van der Waals surface area contributed by atoms with Crippen LogP contribution in [0.1, 0.15) is 26.7 Å². The highest BCUT2D eigenvalue weighted by Crippen LogP contribution is 2.19. The SMILES string of the molecule is CCC[C@](C)(S)C(=O)O. The fourth-order valence-corrected chi connectivity index (χ4v) is 0.817. The molecular formula is C6H12O2S. The van der Waals surface area contributed by atoms with Crippen molar-refractivity contribution < 1.29 is 9.90 Å². The molecule has 0 rings (SSSR count). The third-order valence-corrected chi connectivity index (χ3v) is 1.61. The summed E-state index contributed by atoms with van der Waals surface area (Å²) in [4.78, 5) is 10.3. The molecule has 0 aromatic heterocycles. The van der Waals surface area contributed by atoms with Crippen molar-refractivity contribution in [3.05, 3.63) is 0 Å². The standard InChI is InChI=1S/C6H12O2S/c1-3-4-6(2,9)5(7)8/h9H,3-4H2,1-2H3,(H,7,8)/t6-/m0/s1. The molecule has 1 atom stereocenters. The molecule has 0 aliphatic rings. The van der Waals surface area contributed by atoms with Crippen LogP contribution in [0, 0.1) is 0 Å². The third kappa shape index (κ3) is 2.75. The van der Waals surface area contributed by atoms with Gasteiger partial charge in [-0.25, -0.2) is 0 Å². The predicted octanol–water partition coefficient (Wildman–Crippen LogP) is 1.56. The van der Waals surface area contributed by atoms with Gasteiger partial charge in [0.1, 0.15) is 4.75 Å². The lowest BCUT2D eigenvalue weighted by Crippen LogP contribution is -2.27. The van der Waals surface area contributed by atoms with Crippen molar-refractivity contribution in [1.29, 1.82) is 0 Å². The van der Waals surface area contributed by atoms with E-state index in [4.69, 9.17) is 5.11 Å². The first-order valence-electron chi connectivity index (χ1n) is 2.96. The van der Waals surface area contributed by atoms with Crippen LogP contribution >= 0.6 is 12.6 Å². The molecule has 0 aliphatic carbocycles. The molecule has 9 heavy (non-hydrogen) atoms. The smallest absolute Gasteiger partial charge is 0.319 e. The minimum absolute atomic E-state index is 0.617. The summed E-state index contributed by atoms with van der Waals surface area (Å²) in [7, 11) is 0. The van der Waals surface area contributed by atoms with Gasteiger partial charge < -0.3 is 5.11 Å². The Morgan fingerprint density at radius 2 is 2.22 bits per heavy atom. The Morgan fingerprint density at radius 3 is 2.33 bits per heavy atom. The summed E-state index contributed by atoms with van der Waals surface area (Å²) >= 11 is 3.96. The molecule has 0 unspecified atom stereocenters. The van der Waals surface area contributed by atoms with Gasteiger partial charge in [0.15, 0.2) is 0 Å². The van der Waals surface area contributed by atoms with Crippen LogP contribution in [0.3, 0.4) is 0 Å². The largest absolute Gasteiger partial charge is 0.480 e. The molecule has 0 amide bonds. The maximum Gasteiger partial charge on any atom is 0.319 e. The van der Waals surface area contributed by atoms with Gasteiger partial charge >= 0.3 is 5.97 Å². The van der Waals surface area contributed by atoms with E-state index in [9.17, 15) is 4.79 Å². The quantitative estimate of drug-likeness (QED) is 0.596. The fourth-order valence-electron chi connectivity index (χ4n) is 0.594. The molecule has 0 heterocycles. The van der Waals surface area contributed by atoms with Gasteiger partial charge in [0, 0.05) is 0 Å². The number of carboxylic acid groups (broad SMARTS) is 1. The van der Waals surface area contributed by atoms with Gasteiger partial charge in [0.25, 0.3) is 0 Å². The van der Waals surface area contributed by atoms with Crippen LogP contribution in [0.15, 0.2) is 0 Å². The van der Waals surface area contributed by atoms with E-state index in [0.717, 1.165) is 6.42 Å². The number of rotatable bonds is 3. The van der Waals surface area contributed by atoms with Crippen LogP contribution in [0.25, 0.3) is 0 Å². The Morgan fingerprint density at radius 1 is 1.78 bits per heavy atom. The summed E-state index contributed by atoms with van der Waals surface area (Å²) in [6, 6.07) is 0. The zero-order valence-electron chi connectivity index (χ0n) is 5.72. The van der Waals surface area contributed by atoms with Crippen LogP contribution < -0.4 is 0 Å². The highest BCUT2D eigenvalue weighted by molar-refractivity contribution is 7.82. The molecule has 0 fully saturated rings. The van der Waals surface area contributed by atoms with Gasteiger partial charge in [-0.15, -0.1) is 0 Å². The second kappa shape index (κ2) is 3.11. The average molecular weight is 148 g/mol. The molecule has 2 nitrogen and oxygen atoms in total. The third-order valence-electron chi connectivity index (χ3n) is 1.20. The summed E-state index contributed by atoms with van der Waals surface area (Å²) in [6.45, 7) is 3.55. The van der Waals surface area contributed by atoms with E-state index in [2.05, 4.69) is 12.6 Å². The zero-order chi connectivity index (χ0) is 7.49. The normalized spacial score (nSPS) is 16.8. The van der Waals surface area contributed by atoms with Crippen molar-refractivity contribution in [2.45, 2.75) is 31.4 Å². The molecule has 3 heteroatoms. The van der Waals surface area contributed by atoms with Crippen molar-refractivity contribution in [3.63, 3.8) is 0 Å². The van der Waals surface area contributed by atoms with Crippen LogP contribution in [0.2, 0.25) is 0 Å². The number of thiol groups is 1. The molecule has 0 radical (unpaired) electrons. The van der Waals surface area contributed by atoms with Crippen molar-refractivity contribution in [1.82, 2.24) is 0 Å². The van der Waals surface area contributed by atoms with Gasteiger partial charge in [-0.05, 0) is 13.3 Å². The highest BCUT2D eigenvalue weighted by atomic mass is 32.1. The fraction of sp³-hybridized carbons (Fsp3) is 0.833. The van der Waals surface area contributed by atoms with Gasteiger partial charge in [0.05, 0.1) is 0 Å². The Balaban J connectivity index is 3.85. The molecule has 0 aliphatic heterocycles. The van der Waals surface area contributed by atoms with E-state index in [0.29, 0.717) is 6.42 Å². The average Bonchev–Trinajstić information content (AvgIpc) is 1.65.